The summed E-state index contributed by atoms with van der Waals surface area (Å²) < 4.78 is 0. The van der Waals surface area contributed by atoms with Crippen LogP contribution in [0, 0.1) is 0 Å². The van der Waals surface area contributed by atoms with E-state index in [2.05, 4.69) is 10.6 Å². The summed E-state index contributed by atoms with van der Waals surface area (Å²) in [4.78, 5) is 34.8. The van der Waals surface area contributed by atoms with Gasteiger partial charge in [0.1, 0.15) is 6.04 Å². The fourth-order valence-electron chi connectivity index (χ4n) is 1.99. The lowest BCUT2D eigenvalue weighted by atomic mass is 9.83. The van der Waals surface area contributed by atoms with E-state index in [0.29, 0.717) is 0 Å². The molecule has 2 N–H and O–H groups in total. The largest absolute Gasteiger partial charge is 0.343 e. The minimum Gasteiger partial charge on any atom is -0.343 e. The third-order valence-electron chi connectivity index (χ3n) is 3.34. The third-order valence-corrected chi connectivity index (χ3v) is 3.34. The van der Waals surface area contributed by atoms with Crippen molar-refractivity contribution in [3.63, 3.8) is 0 Å². The fraction of sp³-hybridized carbons (Fsp3) is 0.357. The van der Waals surface area contributed by atoms with Gasteiger partial charge in [0, 0.05) is 0 Å². The first kappa shape index (κ1) is 13.3. The predicted molar refractivity (Wildman–Crippen MR) is 69.2 cm³/mol. The van der Waals surface area contributed by atoms with Crippen LogP contribution in [0.5, 0.6) is 0 Å². The van der Waals surface area contributed by atoms with Gasteiger partial charge in [-0.15, -0.1) is 0 Å². The Labute approximate surface area is 111 Å². The van der Waals surface area contributed by atoms with E-state index in [-0.39, 0.29) is 18.2 Å². The van der Waals surface area contributed by atoms with Crippen molar-refractivity contribution in [3.05, 3.63) is 35.9 Å². The SMILES string of the molecule is CC(C)(C(=O)NC1CC(=O)NC1=O)c1ccccc1. The Kier molecular flexibility index (Phi) is 3.38. The smallest absolute Gasteiger partial charge is 0.249 e. The molecule has 0 aliphatic carbocycles. The molecule has 1 aromatic rings. The fourth-order valence-corrected chi connectivity index (χ4v) is 1.99. The molecule has 19 heavy (non-hydrogen) atoms. The van der Waals surface area contributed by atoms with Crippen molar-refractivity contribution in [1.29, 1.82) is 0 Å². The Balaban J connectivity index is 2.11. The number of amides is 3. The maximum absolute atomic E-state index is 12.3. The van der Waals surface area contributed by atoms with Gasteiger partial charge >= 0.3 is 0 Å². The summed E-state index contributed by atoms with van der Waals surface area (Å²) in [6.45, 7) is 3.57. The molecule has 0 aromatic heterocycles. The zero-order valence-electron chi connectivity index (χ0n) is 10.9. The molecule has 3 amide bonds. The molecule has 100 valence electrons. The lowest BCUT2D eigenvalue weighted by molar-refractivity contribution is -0.130. The van der Waals surface area contributed by atoms with Crippen LogP contribution >= 0.6 is 0 Å². The van der Waals surface area contributed by atoms with Crippen LogP contribution in [-0.4, -0.2) is 23.8 Å². The topological polar surface area (TPSA) is 75.3 Å². The molecule has 5 nitrogen and oxygen atoms in total. The van der Waals surface area contributed by atoms with E-state index in [1.54, 1.807) is 13.8 Å². The molecule has 1 atom stereocenters. The van der Waals surface area contributed by atoms with Crippen molar-refractivity contribution >= 4 is 17.7 Å². The first-order chi connectivity index (χ1) is 8.91. The maximum Gasteiger partial charge on any atom is 0.249 e. The van der Waals surface area contributed by atoms with E-state index < -0.39 is 17.4 Å². The highest BCUT2D eigenvalue weighted by Gasteiger charge is 2.36. The molecule has 1 aliphatic heterocycles. The van der Waals surface area contributed by atoms with Crippen molar-refractivity contribution < 1.29 is 14.4 Å². The quantitative estimate of drug-likeness (QED) is 0.777. The number of hydrogen-bond acceptors (Lipinski definition) is 3. The van der Waals surface area contributed by atoms with Crippen LogP contribution in [0.2, 0.25) is 0 Å². The number of nitrogens with one attached hydrogen (secondary N) is 2. The van der Waals surface area contributed by atoms with Gasteiger partial charge in [0.15, 0.2) is 0 Å². The van der Waals surface area contributed by atoms with Crippen LogP contribution in [0.4, 0.5) is 0 Å². The molecule has 0 radical (unpaired) electrons. The van der Waals surface area contributed by atoms with Gasteiger partial charge < -0.3 is 5.32 Å². The molecule has 1 fully saturated rings. The summed E-state index contributed by atoms with van der Waals surface area (Å²) in [6.07, 6.45) is 0.00937. The van der Waals surface area contributed by atoms with Crippen LogP contribution in [0.1, 0.15) is 25.8 Å². The number of rotatable bonds is 3. The van der Waals surface area contributed by atoms with Gasteiger partial charge in [-0.05, 0) is 19.4 Å². The molecule has 1 saturated heterocycles. The summed E-state index contributed by atoms with van der Waals surface area (Å²) in [7, 11) is 0. The number of hydrogen-bond donors (Lipinski definition) is 2. The Morgan fingerprint density at radius 3 is 2.42 bits per heavy atom. The summed E-state index contributed by atoms with van der Waals surface area (Å²) in [6, 6.07) is 8.55. The predicted octanol–water partition coefficient (Wildman–Crippen LogP) is 0.496. The molecule has 1 heterocycles. The molecular weight excluding hydrogens is 244 g/mol. The summed E-state index contributed by atoms with van der Waals surface area (Å²) >= 11 is 0. The third kappa shape index (κ3) is 2.65. The van der Waals surface area contributed by atoms with E-state index in [9.17, 15) is 14.4 Å². The molecule has 0 bridgehead atoms. The van der Waals surface area contributed by atoms with Crippen LogP contribution < -0.4 is 10.6 Å². The lowest BCUT2D eigenvalue weighted by Gasteiger charge is -2.25. The van der Waals surface area contributed by atoms with Crippen LogP contribution in [0.15, 0.2) is 30.3 Å². The zero-order valence-corrected chi connectivity index (χ0v) is 10.9. The second kappa shape index (κ2) is 4.84. The second-order valence-corrected chi connectivity index (χ2v) is 5.13. The normalized spacial score (nSPS) is 19.2. The molecule has 0 spiro atoms. The van der Waals surface area contributed by atoms with Crippen molar-refractivity contribution in [2.75, 3.05) is 0 Å². The van der Waals surface area contributed by atoms with Gasteiger partial charge in [-0.25, -0.2) is 0 Å². The highest BCUT2D eigenvalue weighted by Crippen LogP contribution is 2.23. The second-order valence-electron chi connectivity index (χ2n) is 5.13. The average Bonchev–Trinajstić information content (AvgIpc) is 2.69. The van der Waals surface area contributed by atoms with Gasteiger partial charge in [-0.2, -0.15) is 0 Å². The molecule has 1 aliphatic rings. The van der Waals surface area contributed by atoms with E-state index in [4.69, 9.17) is 0 Å². The van der Waals surface area contributed by atoms with Crippen molar-refractivity contribution in [3.8, 4) is 0 Å². The molecule has 5 heteroatoms. The first-order valence-corrected chi connectivity index (χ1v) is 6.11. The summed E-state index contributed by atoms with van der Waals surface area (Å²) in [5.74, 6) is -1.07. The van der Waals surface area contributed by atoms with Gasteiger partial charge in [0.25, 0.3) is 0 Å². The number of imide groups is 1. The van der Waals surface area contributed by atoms with E-state index in [1.807, 2.05) is 30.3 Å². The Morgan fingerprint density at radius 1 is 1.26 bits per heavy atom. The monoisotopic (exact) mass is 260 g/mol. The number of carbonyl (C=O) groups excluding carboxylic acids is 3. The van der Waals surface area contributed by atoms with Gasteiger partial charge in [-0.1, -0.05) is 30.3 Å². The van der Waals surface area contributed by atoms with Gasteiger partial charge in [0.05, 0.1) is 11.8 Å². The van der Waals surface area contributed by atoms with E-state index in [0.717, 1.165) is 5.56 Å². The summed E-state index contributed by atoms with van der Waals surface area (Å²) in [5.41, 5.74) is 0.102. The highest BCUT2D eigenvalue weighted by atomic mass is 16.2. The van der Waals surface area contributed by atoms with Crippen LogP contribution in [0.25, 0.3) is 0 Å². The van der Waals surface area contributed by atoms with Gasteiger partial charge in [0.2, 0.25) is 17.7 Å². The van der Waals surface area contributed by atoms with Crippen molar-refractivity contribution in [1.82, 2.24) is 10.6 Å². The van der Waals surface area contributed by atoms with Crippen molar-refractivity contribution in [2.24, 2.45) is 0 Å². The van der Waals surface area contributed by atoms with Gasteiger partial charge in [-0.3, -0.25) is 19.7 Å². The highest BCUT2D eigenvalue weighted by molar-refractivity contribution is 6.07. The number of benzene rings is 1. The molecule has 0 saturated carbocycles. The molecule has 1 aromatic carbocycles. The van der Waals surface area contributed by atoms with E-state index in [1.165, 1.54) is 0 Å². The van der Waals surface area contributed by atoms with Crippen LogP contribution in [-0.2, 0) is 19.8 Å². The zero-order chi connectivity index (χ0) is 14.0. The first-order valence-electron chi connectivity index (χ1n) is 6.11. The Hall–Kier alpha value is -2.17. The van der Waals surface area contributed by atoms with E-state index >= 15 is 0 Å². The van der Waals surface area contributed by atoms with Crippen LogP contribution in [0.3, 0.4) is 0 Å². The van der Waals surface area contributed by atoms with Crippen molar-refractivity contribution in [2.45, 2.75) is 31.7 Å². The average molecular weight is 260 g/mol. The molecule has 2 rings (SSSR count). The Morgan fingerprint density at radius 2 is 1.89 bits per heavy atom. The number of carbonyl (C=O) groups is 3. The Bertz CT molecular complexity index is 523. The minimum absolute atomic E-state index is 0.00937. The summed E-state index contributed by atoms with van der Waals surface area (Å²) in [5, 5.41) is 4.80. The minimum atomic E-state index is -0.761. The molecule has 1 unspecified atom stereocenters. The maximum atomic E-state index is 12.3. The lowest BCUT2D eigenvalue weighted by Crippen LogP contribution is -2.47. The standard InChI is InChI=1S/C14H16N2O3/c1-14(2,9-6-4-3-5-7-9)13(19)15-10-8-11(17)16-12(10)18/h3-7,10H,8H2,1-2H3,(H,15,19)(H,16,17,18). The molecular formula is C14H16N2O3.